The van der Waals surface area contributed by atoms with E-state index in [4.69, 9.17) is 9.47 Å². The quantitative estimate of drug-likeness (QED) is 0.402. The number of benzene rings is 2. The Morgan fingerprint density at radius 3 is 2.57 bits per heavy atom. The topological polar surface area (TPSA) is 119 Å². The Morgan fingerprint density at radius 1 is 1.23 bits per heavy atom. The summed E-state index contributed by atoms with van der Waals surface area (Å²) in [6.45, 7) is -0.850. The zero-order valence-electron chi connectivity index (χ0n) is 16.3. The third kappa shape index (κ3) is 4.37. The summed E-state index contributed by atoms with van der Waals surface area (Å²) in [6, 6.07) is 12.2. The number of fused-ring (bicyclic) bond motifs is 1. The lowest BCUT2D eigenvalue weighted by atomic mass is 10.1. The van der Waals surface area contributed by atoms with Gasteiger partial charge in [-0.15, -0.1) is 0 Å². The Morgan fingerprint density at radius 2 is 1.93 bits per heavy atom. The number of anilines is 1. The second-order valence-electron chi connectivity index (χ2n) is 6.69. The van der Waals surface area contributed by atoms with Gasteiger partial charge in [0, 0.05) is 31.8 Å². The zero-order chi connectivity index (χ0) is 21.8. The molecule has 3 rings (SSSR count). The van der Waals surface area contributed by atoms with Crippen LogP contribution in [0.1, 0.15) is 11.7 Å². The van der Waals surface area contributed by atoms with Gasteiger partial charge in [-0.2, -0.15) is 0 Å². The van der Waals surface area contributed by atoms with Crippen LogP contribution < -0.4 is 9.64 Å². The number of likely N-dealkylation sites (N-methyl/N-ethyl adjacent to an activating group) is 1. The second kappa shape index (κ2) is 8.60. The fourth-order valence-electron chi connectivity index (χ4n) is 2.90. The van der Waals surface area contributed by atoms with Gasteiger partial charge in [0.1, 0.15) is 12.3 Å². The number of non-ortho nitro benzene ring substituents is 1. The summed E-state index contributed by atoms with van der Waals surface area (Å²) in [5, 5.41) is 11.1. The second-order valence-corrected chi connectivity index (χ2v) is 6.69. The Labute approximate surface area is 171 Å². The molecule has 0 fully saturated rings. The van der Waals surface area contributed by atoms with Crippen LogP contribution in [0.15, 0.2) is 48.5 Å². The highest BCUT2D eigenvalue weighted by Crippen LogP contribution is 2.35. The first-order valence-electron chi connectivity index (χ1n) is 8.95. The minimum atomic E-state index is -1.19. The lowest BCUT2D eigenvalue weighted by molar-refractivity contribution is -0.384. The molecule has 2 aromatic carbocycles. The molecular weight excluding hydrogens is 394 g/mol. The smallest absolute Gasteiger partial charge is 0.327 e. The van der Waals surface area contributed by atoms with Crippen molar-refractivity contribution in [3.05, 3.63) is 64.2 Å². The van der Waals surface area contributed by atoms with Crippen LogP contribution in [-0.2, 0) is 19.1 Å². The van der Waals surface area contributed by atoms with Crippen LogP contribution in [0.5, 0.6) is 5.75 Å². The molecular formula is C20H19N3O7. The van der Waals surface area contributed by atoms with Gasteiger partial charge in [-0.05, 0) is 6.07 Å². The molecule has 0 unspecified atom stereocenters. The fourth-order valence-corrected chi connectivity index (χ4v) is 2.90. The fraction of sp³-hybridized carbons (Fsp3) is 0.250. The third-order valence-corrected chi connectivity index (χ3v) is 4.40. The third-order valence-electron chi connectivity index (χ3n) is 4.40. The first-order chi connectivity index (χ1) is 14.3. The van der Waals surface area contributed by atoms with Crippen LogP contribution in [0, 0.1) is 10.1 Å². The van der Waals surface area contributed by atoms with Crippen LogP contribution in [0.4, 0.5) is 11.4 Å². The Kier molecular flexibility index (Phi) is 5.95. The van der Waals surface area contributed by atoms with Crippen molar-refractivity contribution in [3.63, 3.8) is 0 Å². The molecule has 0 N–H and O–H groups in total. The first kappa shape index (κ1) is 20.8. The van der Waals surface area contributed by atoms with Gasteiger partial charge < -0.3 is 14.4 Å². The van der Waals surface area contributed by atoms with Gasteiger partial charge in [-0.3, -0.25) is 29.4 Å². The average molecular weight is 413 g/mol. The maximum atomic E-state index is 12.6. The van der Waals surface area contributed by atoms with Crippen LogP contribution in [0.25, 0.3) is 0 Å². The van der Waals surface area contributed by atoms with E-state index in [1.165, 1.54) is 31.1 Å². The molecule has 1 aliphatic rings. The molecule has 10 nitrogen and oxygen atoms in total. The van der Waals surface area contributed by atoms with Crippen LogP contribution in [0.3, 0.4) is 0 Å². The van der Waals surface area contributed by atoms with E-state index in [2.05, 4.69) is 0 Å². The highest BCUT2D eigenvalue weighted by molar-refractivity contribution is 6.02. The molecule has 2 aromatic rings. The van der Waals surface area contributed by atoms with Gasteiger partial charge in [-0.1, -0.05) is 30.3 Å². The number of hydrogen-bond acceptors (Lipinski definition) is 7. The van der Waals surface area contributed by atoms with E-state index in [0.29, 0.717) is 5.56 Å². The minimum absolute atomic E-state index is 0.0904. The van der Waals surface area contributed by atoms with Crippen LogP contribution >= 0.6 is 0 Å². The number of ether oxygens (including phenoxy) is 2. The lowest BCUT2D eigenvalue weighted by Crippen LogP contribution is -2.43. The number of nitrogens with zero attached hydrogens (tertiary/aromatic N) is 3. The largest absolute Gasteiger partial charge is 0.482 e. The molecule has 0 radical (unpaired) electrons. The summed E-state index contributed by atoms with van der Waals surface area (Å²) in [6.07, 6.45) is -1.19. The molecule has 156 valence electrons. The predicted molar refractivity (Wildman–Crippen MR) is 105 cm³/mol. The Hall–Kier alpha value is -3.95. The SMILES string of the molecule is CN(C)C(=O)[C@H](OC(=O)CN1C(=O)COc2ccc([N+](=O)[O-])cc21)c1ccccc1. The van der Waals surface area contributed by atoms with Gasteiger partial charge in [0.25, 0.3) is 17.5 Å². The van der Waals surface area contributed by atoms with E-state index in [-0.39, 0.29) is 23.7 Å². The van der Waals surface area contributed by atoms with Crippen LogP contribution in [0.2, 0.25) is 0 Å². The summed E-state index contributed by atoms with van der Waals surface area (Å²) in [4.78, 5) is 50.3. The number of hydrogen-bond donors (Lipinski definition) is 0. The molecule has 2 amide bonds. The van der Waals surface area contributed by atoms with Crippen molar-refractivity contribution in [3.8, 4) is 5.75 Å². The summed E-state index contributed by atoms with van der Waals surface area (Å²) >= 11 is 0. The average Bonchev–Trinajstić information content (AvgIpc) is 2.73. The molecule has 0 saturated heterocycles. The Bertz CT molecular complexity index is 991. The number of amides is 2. The molecule has 1 aliphatic heterocycles. The van der Waals surface area contributed by atoms with E-state index in [1.807, 2.05) is 0 Å². The van der Waals surface area contributed by atoms with E-state index in [0.717, 1.165) is 11.0 Å². The highest BCUT2D eigenvalue weighted by atomic mass is 16.6. The minimum Gasteiger partial charge on any atom is -0.482 e. The van der Waals surface area contributed by atoms with Crippen molar-refractivity contribution in [2.75, 3.05) is 32.1 Å². The van der Waals surface area contributed by atoms with Gasteiger partial charge in [0.2, 0.25) is 6.10 Å². The summed E-state index contributed by atoms with van der Waals surface area (Å²) in [5.74, 6) is -1.61. The maximum Gasteiger partial charge on any atom is 0.327 e. The van der Waals surface area contributed by atoms with Crippen molar-refractivity contribution in [2.24, 2.45) is 0 Å². The summed E-state index contributed by atoms with van der Waals surface area (Å²) < 4.78 is 10.7. The molecule has 1 heterocycles. The Balaban J connectivity index is 1.84. The van der Waals surface area contributed by atoms with Crippen molar-refractivity contribution >= 4 is 29.2 Å². The monoisotopic (exact) mass is 413 g/mol. The van der Waals surface area contributed by atoms with E-state index in [1.54, 1.807) is 30.3 Å². The standard InChI is InChI=1S/C20H19N3O7/c1-21(2)20(26)19(13-6-4-3-5-7-13)30-18(25)11-22-15-10-14(23(27)28)8-9-16(15)29-12-17(22)24/h3-10,19H,11-12H2,1-2H3/t19-/m1/s1. The van der Waals surface area contributed by atoms with Crippen molar-refractivity contribution in [1.29, 1.82) is 0 Å². The first-order valence-corrected chi connectivity index (χ1v) is 8.95. The molecule has 0 saturated carbocycles. The molecule has 30 heavy (non-hydrogen) atoms. The number of carbonyl (C=O) groups is 3. The van der Waals surface area contributed by atoms with Gasteiger partial charge in [0.15, 0.2) is 6.61 Å². The molecule has 0 aromatic heterocycles. The predicted octanol–water partition coefficient (Wildman–Crippen LogP) is 1.69. The zero-order valence-corrected chi connectivity index (χ0v) is 16.3. The molecule has 10 heteroatoms. The number of nitro groups is 1. The van der Waals surface area contributed by atoms with E-state index in [9.17, 15) is 24.5 Å². The van der Waals surface area contributed by atoms with E-state index < -0.39 is 35.4 Å². The van der Waals surface area contributed by atoms with Crippen molar-refractivity contribution < 1.29 is 28.8 Å². The molecule has 0 aliphatic carbocycles. The number of nitro benzene ring substituents is 1. The number of carbonyl (C=O) groups excluding carboxylic acids is 3. The summed E-state index contributed by atoms with van der Waals surface area (Å²) in [7, 11) is 3.07. The lowest BCUT2D eigenvalue weighted by Gasteiger charge is -2.29. The maximum absolute atomic E-state index is 12.6. The molecule has 0 bridgehead atoms. The van der Waals surface area contributed by atoms with Crippen molar-refractivity contribution in [2.45, 2.75) is 6.10 Å². The summed E-state index contributed by atoms with van der Waals surface area (Å²) in [5.41, 5.74) is 0.317. The normalized spacial score (nSPS) is 13.7. The highest BCUT2D eigenvalue weighted by Gasteiger charge is 2.32. The van der Waals surface area contributed by atoms with Gasteiger partial charge in [-0.25, -0.2) is 0 Å². The van der Waals surface area contributed by atoms with Crippen molar-refractivity contribution in [1.82, 2.24) is 4.90 Å². The van der Waals surface area contributed by atoms with Gasteiger partial charge in [0.05, 0.1) is 10.6 Å². The van der Waals surface area contributed by atoms with E-state index >= 15 is 0 Å². The van der Waals surface area contributed by atoms with Crippen LogP contribution in [-0.4, -0.2) is 54.9 Å². The number of esters is 1. The molecule has 1 atom stereocenters. The molecule has 0 spiro atoms. The number of rotatable bonds is 6. The van der Waals surface area contributed by atoms with Gasteiger partial charge >= 0.3 is 5.97 Å².